The number of pyridine rings is 1. The van der Waals surface area contributed by atoms with Crippen molar-refractivity contribution in [1.29, 1.82) is 0 Å². The number of methoxy groups -OCH3 is 2. The minimum atomic E-state index is -0.262. The van der Waals surface area contributed by atoms with E-state index in [4.69, 9.17) is 9.47 Å². The standard InChI is InChI=1S/C22H26N4O3/c1-14(2)21-18(13-24-26(21)20-8-6-7-11-23-20)22(27)25-15(3)17-10-9-16(28-4)12-19(17)29-5/h6-15H,1-5H3,(H,25,27). The zero-order valence-corrected chi connectivity index (χ0v) is 17.3. The molecule has 0 bridgehead atoms. The van der Waals surface area contributed by atoms with Gasteiger partial charge in [-0.05, 0) is 37.1 Å². The lowest BCUT2D eigenvalue weighted by molar-refractivity contribution is 0.0938. The number of aromatic nitrogens is 3. The Bertz CT molecular complexity index is 983. The van der Waals surface area contributed by atoms with Gasteiger partial charge in [-0.3, -0.25) is 4.79 Å². The third-order valence-corrected chi connectivity index (χ3v) is 4.72. The topological polar surface area (TPSA) is 78.3 Å². The molecule has 0 saturated carbocycles. The molecule has 152 valence electrons. The van der Waals surface area contributed by atoms with Gasteiger partial charge in [-0.1, -0.05) is 19.9 Å². The summed E-state index contributed by atoms with van der Waals surface area (Å²) in [6.45, 7) is 5.98. The second-order valence-corrected chi connectivity index (χ2v) is 7.00. The summed E-state index contributed by atoms with van der Waals surface area (Å²) in [5.74, 6) is 1.93. The van der Waals surface area contributed by atoms with E-state index in [9.17, 15) is 4.79 Å². The molecule has 1 amide bonds. The molecule has 1 N–H and O–H groups in total. The Balaban J connectivity index is 1.89. The number of hydrogen-bond acceptors (Lipinski definition) is 5. The zero-order valence-electron chi connectivity index (χ0n) is 17.3. The van der Waals surface area contributed by atoms with Crippen LogP contribution >= 0.6 is 0 Å². The highest BCUT2D eigenvalue weighted by atomic mass is 16.5. The van der Waals surface area contributed by atoms with Crippen molar-refractivity contribution in [3.8, 4) is 17.3 Å². The zero-order chi connectivity index (χ0) is 21.0. The quantitative estimate of drug-likeness (QED) is 0.658. The fourth-order valence-corrected chi connectivity index (χ4v) is 3.28. The summed E-state index contributed by atoms with van der Waals surface area (Å²) < 4.78 is 12.4. The molecule has 0 aliphatic carbocycles. The first-order valence-corrected chi connectivity index (χ1v) is 9.48. The second-order valence-electron chi connectivity index (χ2n) is 7.00. The molecule has 0 saturated heterocycles. The molecule has 2 aromatic heterocycles. The Kier molecular flexibility index (Phi) is 6.16. The highest BCUT2D eigenvalue weighted by molar-refractivity contribution is 5.95. The van der Waals surface area contributed by atoms with Gasteiger partial charge in [0.2, 0.25) is 0 Å². The Hall–Kier alpha value is -3.35. The van der Waals surface area contributed by atoms with Crippen LogP contribution in [0.15, 0.2) is 48.8 Å². The van der Waals surface area contributed by atoms with Gasteiger partial charge in [0.15, 0.2) is 5.82 Å². The molecule has 1 atom stereocenters. The van der Waals surface area contributed by atoms with Crippen molar-refractivity contribution in [3.63, 3.8) is 0 Å². The van der Waals surface area contributed by atoms with Crippen LogP contribution in [0.1, 0.15) is 54.3 Å². The van der Waals surface area contributed by atoms with Gasteiger partial charge < -0.3 is 14.8 Å². The molecule has 0 fully saturated rings. The Morgan fingerprint density at radius 1 is 1.10 bits per heavy atom. The molecule has 3 rings (SSSR count). The molecule has 3 aromatic rings. The van der Waals surface area contributed by atoms with E-state index in [-0.39, 0.29) is 17.9 Å². The van der Waals surface area contributed by atoms with Gasteiger partial charge in [-0.25, -0.2) is 9.67 Å². The van der Waals surface area contributed by atoms with Crippen LogP contribution in [-0.2, 0) is 0 Å². The van der Waals surface area contributed by atoms with Crippen LogP contribution in [0.4, 0.5) is 0 Å². The van der Waals surface area contributed by atoms with E-state index in [2.05, 4.69) is 15.4 Å². The highest BCUT2D eigenvalue weighted by Crippen LogP contribution is 2.30. The number of benzene rings is 1. The van der Waals surface area contributed by atoms with Crippen molar-refractivity contribution >= 4 is 5.91 Å². The molecule has 0 aliphatic rings. The predicted octanol–water partition coefficient (Wildman–Crippen LogP) is 3.90. The number of nitrogens with one attached hydrogen (secondary N) is 1. The SMILES string of the molecule is COc1ccc(C(C)NC(=O)c2cnn(-c3ccccn3)c2C(C)C)c(OC)c1. The van der Waals surface area contributed by atoms with E-state index in [1.54, 1.807) is 37.4 Å². The lowest BCUT2D eigenvalue weighted by Gasteiger charge is -2.19. The largest absolute Gasteiger partial charge is 0.497 e. The first-order valence-electron chi connectivity index (χ1n) is 9.48. The van der Waals surface area contributed by atoms with Crippen molar-refractivity contribution in [2.75, 3.05) is 14.2 Å². The summed E-state index contributed by atoms with van der Waals surface area (Å²) >= 11 is 0. The van der Waals surface area contributed by atoms with Gasteiger partial charge in [0.1, 0.15) is 11.5 Å². The van der Waals surface area contributed by atoms with Crippen LogP contribution in [0.3, 0.4) is 0 Å². The Morgan fingerprint density at radius 3 is 2.52 bits per heavy atom. The highest BCUT2D eigenvalue weighted by Gasteiger charge is 2.23. The summed E-state index contributed by atoms with van der Waals surface area (Å²) in [4.78, 5) is 17.4. The van der Waals surface area contributed by atoms with Crippen molar-refractivity contribution in [3.05, 3.63) is 65.6 Å². The molecule has 7 heteroatoms. The molecule has 7 nitrogen and oxygen atoms in total. The monoisotopic (exact) mass is 394 g/mol. The van der Waals surface area contributed by atoms with Gasteiger partial charge in [0, 0.05) is 17.8 Å². The number of hydrogen-bond donors (Lipinski definition) is 1. The molecule has 0 spiro atoms. The average molecular weight is 394 g/mol. The molecule has 1 aromatic carbocycles. The van der Waals surface area contributed by atoms with Gasteiger partial charge in [-0.2, -0.15) is 5.10 Å². The van der Waals surface area contributed by atoms with E-state index >= 15 is 0 Å². The molecule has 2 heterocycles. The van der Waals surface area contributed by atoms with E-state index < -0.39 is 0 Å². The summed E-state index contributed by atoms with van der Waals surface area (Å²) in [6, 6.07) is 10.9. The fourth-order valence-electron chi connectivity index (χ4n) is 3.28. The van der Waals surface area contributed by atoms with Crippen LogP contribution in [0.2, 0.25) is 0 Å². The number of ether oxygens (including phenoxy) is 2. The van der Waals surface area contributed by atoms with Crippen LogP contribution in [-0.4, -0.2) is 34.9 Å². The normalized spacial score (nSPS) is 11.9. The minimum Gasteiger partial charge on any atom is -0.497 e. The van der Waals surface area contributed by atoms with E-state index in [0.717, 1.165) is 11.3 Å². The minimum absolute atomic E-state index is 0.0890. The predicted molar refractivity (Wildman–Crippen MR) is 111 cm³/mol. The van der Waals surface area contributed by atoms with Crippen LogP contribution in [0.25, 0.3) is 5.82 Å². The third kappa shape index (κ3) is 4.23. The first-order chi connectivity index (χ1) is 14.0. The number of amides is 1. The summed E-state index contributed by atoms with van der Waals surface area (Å²) in [5, 5.41) is 7.47. The maximum absolute atomic E-state index is 13.1. The molecule has 0 aliphatic heterocycles. The van der Waals surface area contributed by atoms with Crippen molar-refractivity contribution in [2.24, 2.45) is 0 Å². The van der Waals surface area contributed by atoms with Gasteiger partial charge in [-0.15, -0.1) is 0 Å². The molecule has 29 heavy (non-hydrogen) atoms. The Labute approximate surface area is 170 Å². The van der Waals surface area contributed by atoms with Crippen molar-refractivity contribution in [2.45, 2.75) is 32.7 Å². The molecular formula is C22H26N4O3. The Morgan fingerprint density at radius 2 is 1.90 bits per heavy atom. The third-order valence-electron chi connectivity index (χ3n) is 4.72. The van der Waals surface area contributed by atoms with Crippen molar-refractivity contribution in [1.82, 2.24) is 20.1 Å². The molecular weight excluding hydrogens is 368 g/mol. The molecule has 0 radical (unpaired) electrons. The van der Waals surface area contributed by atoms with Gasteiger partial charge in [0.25, 0.3) is 5.91 Å². The van der Waals surface area contributed by atoms with Gasteiger partial charge >= 0.3 is 0 Å². The lowest BCUT2D eigenvalue weighted by atomic mass is 10.0. The summed E-state index contributed by atoms with van der Waals surface area (Å²) in [6.07, 6.45) is 3.30. The summed E-state index contributed by atoms with van der Waals surface area (Å²) in [5.41, 5.74) is 2.21. The maximum Gasteiger partial charge on any atom is 0.255 e. The number of rotatable bonds is 7. The number of nitrogens with zero attached hydrogens (tertiary/aromatic N) is 3. The van der Waals surface area contributed by atoms with Crippen LogP contribution < -0.4 is 14.8 Å². The summed E-state index contributed by atoms with van der Waals surface area (Å²) in [7, 11) is 3.20. The number of carbonyl (C=O) groups excluding carboxylic acids is 1. The fraction of sp³-hybridized carbons (Fsp3) is 0.318. The smallest absolute Gasteiger partial charge is 0.255 e. The van der Waals surface area contributed by atoms with Gasteiger partial charge in [0.05, 0.1) is 37.7 Å². The first kappa shape index (κ1) is 20.4. The van der Waals surface area contributed by atoms with E-state index in [1.165, 1.54) is 0 Å². The average Bonchev–Trinajstić information content (AvgIpc) is 3.19. The van der Waals surface area contributed by atoms with E-state index in [1.807, 2.05) is 51.1 Å². The number of carbonyl (C=O) groups is 1. The van der Waals surface area contributed by atoms with E-state index in [0.29, 0.717) is 22.9 Å². The lowest BCUT2D eigenvalue weighted by Crippen LogP contribution is -2.28. The second kappa shape index (κ2) is 8.77. The van der Waals surface area contributed by atoms with Crippen molar-refractivity contribution < 1.29 is 14.3 Å². The molecule has 1 unspecified atom stereocenters. The van der Waals surface area contributed by atoms with Crippen LogP contribution in [0.5, 0.6) is 11.5 Å². The maximum atomic E-state index is 13.1. The van der Waals surface area contributed by atoms with Crippen LogP contribution in [0, 0.1) is 0 Å².